The second kappa shape index (κ2) is 5.67. The van der Waals surface area contributed by atoms with Crippen LogP contribution in [0, 0.1) is 6.92 Å². The van der Waals surface area contributed by atoms with Crippen molar-refractivity contribution in [3.63, 3.8) is 0 Å². The van der Waals surface area contributed by atoms with Crippen molar-refractivity contribution in [2.24, 2.45) is 0 Å². The summed E-state index contributed by atoms with van der Waals surface area (Å²) in [4.78, 5) is 2.52. The van der Waals surface area contributed by atoms with Crippen molar-refractivity contribution in [1.29, 1.82) is 0 Å². The van der Waals surface area contributed by atoms with Crippen LogP contribution in [0.2, 0.25) is 0 Å². The summed E-state index contributed by atoms with van der Waals surface area (Å²) < 4.78 is 0. The van der Waals surface area contributed by atoms with Crippen LogP contribution in [-0.2, 0) is 0 Å². The molecular weight excluding hydrogens is 228 g/mol. The topological polar surface area (TPSA) is 29.3 Å². The van der Waals surface area contributed by atoms with Crippen molar-refractivity contribution in [2.75, 3.05) is 30.0 Å². The third-order valence-electron chi connectivity index (χ3n) is 3.57. The van der Waals surface area contributed by atoms with Gasteiger partial charge in [0.1, 0.15) is 0 Å². The van der Waals surface area contributed by atoms with Gasteiger partial charge < -0.3 is 10.6 Å². The van der Waals surface area contributed by atoms with E-state index in [1.54, 1.807) is 0 Å². The largest absolute Gasteiger partial charge is 0.399 e. The van der Waals surface area contributed by atoms with Crippen LogP contribution in [-0.4, -0.2) is 24.6 Å². The lowest BCUT2D eigenvalue weighted by Crippen LogP contribution is -2.25. The van der Waals surface area contributed by atoms with Gasteiger partial charge in [-0.15, -0.1) is 0 Å². The molecule has 1 aliphatic heterocycles. The first-order chi connectivity index (χ1) is 8.20. The Morgan fingerprint density at radius 2 is 2.12 bits per heavy atom. The molecule has 2 nitrogen and oxygen atoms in total. The normalized spacial score (nSPS) is 21.3. The third-order valence-corrected chi connectivity index (χ3v) is 4.71. The maximum atomic E-state index is 5.81. The zero-order valence-corrected chi connectivity index (χ0v) is 11.6. The molecular formula is C14H22N2S. The molecule has 1 atom stereocenters. The fourth-order valence-corrected chi connectivity index (χ4v) is 3.32. The minimum Gasteiger partial charge on any atom is -0.399 e. The predicted molar refractivity (Wildman–Crippen MR) is 79.0 cm³/mol. The summed E-state index contributed by atoms with van der Waals surface area (Å²) in [6.45, 7) is 4.51. The Bertz CT molecular complexity index is 378. The first kappa shape index (κ1) is 12.6. The van der Waals surface area contributed by atoms with Gasteiger partial charge in [0.05, 0.1) is 0 Å². The average Bonchev–Trinajstić information content (AvgIpc) is 2.54. The molecule has 0 spiro atoms. The maximum Gasteiger partial charge on any atom is 0.0397 e. The number of nitrogens with two attached hydrogens (primary N) is 1. The predicted octanol–water partition coefficient (Wildman–Crippen LogP) is 3.30. The molecule has 17 heavy (non-hydrogen) atoms. The molecule has 1 aliphatic rings. The molecule has 1 heterocycles. The van der Waals surface area contributed by atoms with Gasteiger partial charge in [0.2, 0.25) is 0 Å². The number of benzene rings is 1. The molecule has 1 saturated heterocycles. The summed E-state index contributed by atoms with van der Waals surface area (Å²) in [5.74, 6) is 0. The fraction of sp³-hybridized carbons (Fsp3) is 0.571. The Hall–Kier alpha value is -0.830. The van der Waals surface area contributed by atoms with E-state index in [0.717, 1.165) is 10.9 Å². The smallest absolute Gasteiger partial charge is 0.0397 e. The summed E-state index contributed by atoms with van der Waals surface area (Å²) in [7, 11) is 0. The molecule has 0 amide bonds. The molecule has 1 fully saturated rings. The summed E-state index contributed by atoms with van der Waals surface area (Å²) in [5.41, 5.74) is 9.33. The highest BCUT2D eigenvalue weighted by Crippen LogP contribution is 2.27. The lowest BCUT2D eigenvalue weighted by Gasteiger charge is -2.25. The molecule has 1 unspecified atom stereocenters. The summed E-state index contributed by atoms with van der Waals surface area (Å²) >= 11 is 2.02. The Balaban J connectivity index is 2.11. The highest BCUT2D eigenvalue weighted by Gasteiger charge is 2.17. The van der Waals surface area contributed by atoms with E-state index in [1.807, 2.05) is 17.8 Å². The van der Waals surface area contributed by atoms with Crippen LogP contribution >= 0.6 is 11.8 Å². The standard InChI is InChI=1S/C14H22N2S/c1-11-10-12(15)5-6-14(11)16-8-3-4-13(17-2)7-9-16/h5-6,10,13H,3-4,7-9,15H2,1-2H3. The van der Waals surface area contributed by atoms with Gasteiger partial charge in [-0.25, -0.2) is 0 Å². The van der Waals surface area contributed by atoms with Crippen LogP contribution in [0.5, 0.6) is 0 Å². The molecule has 0 bridgehead atoms. The van der Waals surface area contributed by atoms with E-state index in [0.29, 0.717) is 0 Å². The van der Waals surface area contributed by atoms with E-state index >= 15 is 0 Å². The van der Waals surface area contributed by atoms with Crippen molar-refractivity contribution >= 4 is 23.1 Å². The van der Waals surface area contributed by atoms with E-state index in [9.17, 15) is 0 Å². The number of aryl methyl sites for hydroxylation is 1. The first-order valence-electron chi connectivity index (χ1n) is 6.34. The Morgan fingerprint density at radius 1 is 1.29 bits per heavy atom. The number of rotatable bonds is 2. The van der Waals surface area contributed by atoms with Gasteiger partial charge >= 0.3 is 0 Å². The lowest BCUT2D eigenvalue weighted by atomic mass is 10.1. The number of anilines is 2. The number of nitrogen functional groups attached to an aromatic ring is 1. The van der Waals surface area contributed by atoms with E-state index in [-0.39, 0.29) is 0 Å². The van der Waals surface area contributed by atoms with Gasteiger partial charge in [-0.1, -0.05) is 0 Å². The fourth-order valence-electron chi connectivity index (χ4n) is 2.58. The monoisotopic (exact) mass is 250 g/mol. The molecule has 0 radical (unpaired) electrons. The zero-order valence-electron chi connectivity index (χ0n) is 10.8. The molecule has 0 saturated carbocycles. The van der Waals surface area contributed by atoms with Crippen molar-refractivity contribution in [1.82, 2.24) is 0 Å². The van der Waals surface area contributed by atoms with Gasteiger partial charge in [-0.2, -0.15) is 11.8 Å². The summed E-state index contributed by atoms with van der Waals surface area (Å²) in [6, 6.07) is 6.26. The second-order valence-corrected chi connectivity index (χ2v) is 5.96. The van der Waals surface area contributed by atoms with E-state index in [4.69, 9.17) is 5.73 Å². The minimum absolute atomic E-state index is 0.842. The number of hydrogen-bond donors (Lipinski definition) is 1. The van der Waals surface area contributed by atoms with Crippen molar-refractivity contribution < 1.29 is 0 Å². The van der Waals surface area contributed by atoms with Crippen molar-refractivity contribution in [3.8, 4) is 0 Å². The molecule has 2 N–H and O–H groups in total. The van der Waals surface area contributed by atoms with Gasteiger partial charge in [0.15, 0.2) is 0 Å². The highest BCUT2D eigenvalue weighted by atomic mass is 32.2. The Labute approximate surface area is 109 Å². The molecule has 2 rings (SSSR count). The molecule has 1 aromatic carbocycles. The Morgan fingerprint density at radius 3 is 2.82 bits per heavy atom. The van der Waals surface area contributed by atoms with Gasteiger partial charge in [-0.3, -0.25) is 0 Å². The zero-order chi connectivity index (χ0) is 12.3. The average molecular weight is 250 g/mol. The van der Waals surface area contributed by atoms with Crippen LogP contribution < -0.4 is 10.6 Å². The SMILES string of the molecule is CSC1CCCN(c2ccc(N)cc2C)CC1. The third kappa shape index (κ3) is 3.09. The van der Waals surface area contributed by atoms with E-state index < -0.39 is 0 Å². The Kier molecular flexibility index (Phi) is 4.21. The highest BCUT2D eigenvalue weighted by molar-refractivity contribution is 7.99. The van der Waals surface area contributed by atoms with Crippen LogP contribution in [0.15, 0.2) is 18.2 Å². The van der Waals surface area contributed by atoms with Crippen LogP contribution in [0.1, 0.15) is 24.8 Å². The van der Waals surface area contributed by atoms with Crippen LogP contribution in [0.3, 0.4) is 0 Å². The number of thioether (sulfide) groups is 1. The molecule has 3 heteroatoms. The van der Waals surface area contributed by atoms with Crippen molar-refractivity contribution in [3.05, 3.63) is 23.8 Å². The number of hydrogen-bond acceptors (Lipinski definition) is 3. The number of nitrogens with zero attached hydrogens (tertiary/aromatic N) is 1. The van der Waals surface area contributed by atoms with Crippen LogP contribution in [0.25, 0.3) is 0 Å². The van der Waals surface area contributed by atoms with Gasteiger partial charge in [0, 0.05) is 29.7 Å². The van der Waals surface area contributed by atoms with Gasteiger partial charge in [0.25, 0.3) is 0 Å². The molecule has 0 aromatic heterocycles. The first-order valence-corrected chi connectivity index (χ1v) is 7.63. The molecule has 0 aliphatic carbocycles. The van der Waals surface area contributed by atoms with Gasteiger partial charge in [-0.05, 0) is 56.2 Å². The summed E-state index contributed by atoms with van der Waals surface area (Å²) in [5, 5.41) is 0.842. The minimum atomic E-state index is 0.842. The van der Waals surface area contributed by atoms with E-state index in [2.05, 4.69) is 30.2 Å². The second-order valence-electron chi connectivity index (χ2n) is 4.82. The van der Waals surface area contributed by atoms with Crippen LogP contribution in [0.4, 0.5) is 11.4 Å². The molecule has 94 valence electrons. The lowest BCUT2D eigenvalue weighted by molar-refractivity contribution is 0.745. The molecule has 1 aromatic rings. The quantitative estimate of drug-likeness (QED) is 0.817. The van der Waals surface area contributed by atoms with E-state index in [1.165, 1.54) is 43.6 Å². The summed E-state index contributed by atoms with van der Waals surface area (Å²) in [6.07, 6.45) is 6.18. The maximum absolute atomic E-state index is 5.81. The van der Waals surface area contributed by atoms with Crippen molar-refractivity contribution in [2.45, 2.75) is 31.4 Å².